The van der Waals surface area contributed by atoms with Crippen molar-refractivity contribution < 1.29 is 9.18 Å². The highest BCUT2D eigenvalue weighted by molar-refractivity contribution is 9.09. The van der Waals surface area contributed by atoms with E-state index in [0.29, 0.717) is 11.2 Å². The molecule has 4 atom stereocenters. The third-order valence-corrected chi connectivity index (χ3v) is 4.50. The van der Waals surface area contributed by atoms with Crippen LogP contribution >= 0.6 is 15.9 Å². The number of hydrogen-bond donors (Lipinski definition) is 1. The number of hydrogen-bond acceptors (Lipinski definition) is 1. The second-order valence-electron chi connectivity index (χ2n) is 4.62. The largest absolute Gasteiger partial charge is 0.352 e. The second kappa shape index (κ2) is 3.47. The second-order valence-corrected chi connectivity index (χ2v) is 5.79. The molecule has 0 heterocycles. The summed E-state index contributed by atoms with van der Waals surface area (Å²) >= 11 is 3.53. The first-order chi connectivity index (χ1) is 6.54. The molecule has 2 fully saturated rings. The van der Waals surface area contributed by atoms with Crippen LogP contribution in [0, 0.1) is 5.41 Å². The highest BCUT2D eigenvalue weighted by Crippen LogP contribution is 2.48. The van der Waals surface area contributed by atoms with E-state index in [2.05, 4.69) is 21.2 Å². The van der Waals surface area contributed by atoms with Crippen molar-refractivity contribution in [2.24, 2.45) is 5.41 Å². The molecule has 0 aromatic heterocycles. The van der Waals surface area contributed by atoms with Crippen LogP contribution in [0.4, 0.5) is 4.39 Å². The van der Waals surface area contributed by atoms with Crippen molar-refractivity contribution in [1.82, 2.24) is 5.32 Å². The molecule has 1 amide bonds. The maximum Gasteiger partial charge on any atom is 0.229 e. The number of amides is 1. The number of halogens is 2. The van der Waals surface area contributed by atoms with Gasteiger partial charge in [-0.15, -0.1) is 0 Å². The molecular formula is C10H15BrFNO. The molecule has 2 aliphatic rings. The summed E-state index contributed by atoms with van der Waals surface area (Å²) in [6, 6.07) is 0.201. The quantitative estimate of drug-likeness (QED) is 0.761. The van der Waals surface area contributed by atoms with E-state index in [9.17, 15) is 9.18 Å². The van der Waals surface area contributed by atoms with Gasteiger partial charge in [0.1, 0.15) is 6.17 Å². The Balaban J connectivity index is 1.89. The Hall–Kier alpha value is -0.120. The SMILES string of the molecule is CC1(C(=O)NC2CCCC2Br)CC1F. The van der Waals surface area contributed by atoms with Gasteiger partial charge in [-0.25, -0.2) is 4.39 Å². The summed E-state index contributed by atoms with van der Waals surface area (Å²) in [5, 5.41) is 2.94. The normalized spacial score (nSPS) is 46.4. The molecule has 4 unspecified atom stereocenters. The van der Waals surface area contributed by atoms with Crippen molar-refractivity contribution in [2.75, 3.05) is 0 Å². The molecule has 2 nitrogen and oxygen atoms in total. The van der Waals surface area contributed by atoms with Gasteiger partial charge in [0.15, 0.2) is 0 Å². The van der Waals surface area contributed by atoms with Crippen molar-refractivity contribution in [3.8, 4) is 0 Å². The smallest absolute Gasteiger partial charge is 0.229 e. The van der Waals surface area contributed by atoms with Crippen molar-refractivity contribution >= 4 is 21.8 Å². The first-order valence-electron chi connectivity index (χ1n) is 5.13. The summed E-state index contributed by atoms with van der Waals surface area (Å²) in [6.45, 7) is 1.70. The fraction of sp³-hybridized carbons (Fsp3) is 0.900. The van der Waals surface area contributed by atoms with Gasteiger partial charge in [-0.1, -0.05) is 22.4 Å². The van der Waals surface area contributed by atoms with Crippen LogP contribution in [0.3, 0.4) is 0 Å². The molecule has 14 heavy (non-hydrogen) atoms. The van der Waals surface area contributed by atoms with Gasteiger partial charge >= 0.3 is 0 Å². The van der Waals surface area contributed by atoms with E-state index in [1.165, 1.54) is 0 Å². The zero-order valence-corrected chi connectivity index (χ0v) is 9.81. The molecule has 2 rings (SSSR count). The fourth-order valence-electron chi connectivity index (χ4n) is 1.96. The monoisotopic (exact) mass is 263 g/mol. The van der Waals surface area contributed by atoms with E-state index in [4.69, 9.17) is 0 Å². The summed E-state index contributed by atoms with van der Waals surface area (Å²) in [6.07, 6.45) is 2.70. The minimum absolute atomic E-state index is 0.110. The lowest BCUT2D eigenvalue weighted by Crippen LogP contribution is -2.42. The van der Waals surface area contributed by atoms with Gasteiger partial charge in [-0.2, -0.15) is 0 Å². The molecule has 4 heteroatoms. The van der Waals surface area contributed by atoms with Crippen LogP contribution in [0.2, 0.25) is 0 Å². The lowest BCUT2D eigenvalue weighted by molar-refractivity contribution is -0.127. The van der Waals surface area contributed by atoms with E-state index in [1.807, 2.05) is 0 Å². The Bertz CT molecular complexity index is 261. The lowest BCUT2D eigenvalue weighted by atomic mass is 10.1. The first-order valence-corrected chi connectivity index (χ1v) is 6.05. The van der Waals surface area contributed by atoms with Gasteiger partial charge in [0.05, 0.1) is 5.41 Å². The molecule has 2 saturated carbocycles. The van der Waals surface area contributed by atoms with E-state index in [1.54, 1.807) is 6.92 Å². The van der Waals surface area contributed by atoms with Crippen LogP contribution in [0.25, 0.3) is 0 Å². The predicted octanol–water partition coefficient (Wildman–Crippen LogP) is 2.17. The number of rotatable bonds is 2. The molecule has 80 valence electrons. The summed E-state index contributed by atoms with van der Waals surface area (Å²) in [5.41, 5.74) is -0.727. The van der Waals surface area contributed by atoms with Crippen molar-refractivity contribution in [2.45, 2.75) is 49.6 Å². The molecule has 2 aliphatic carbocycles. The van der Waals surface area contributed by atoms with Crippen LogP contribution in [0.1, 0.15) is 32.6 Å². The zero-order valence-electron chi connectivity index (χ0n) is 8.22. The maximum absolute atomic E-state index is 12.9. The van der Waals surface area contributed by atoms with Gasteiger partial charge in [0.25, 0.3) is 0 Å². The summed E-state index contributed by atoms with van der Waals surface area (Å²) < 4.78 is 12.9. The lowest BCUT2D eigenvalue weighted by Gasteiger charge is -2.18. The average Bonchev–Trinajstić information content (AvgIpc) is 2.55. The van der Waals surface area contributed by atoms with Gasteiger partial charge in [-0.3, -0.25) is 4.79 Å². The Morgan fingerprint density at radius 1 is 1.57 bits per heavy atom. The molecule has 0 aliphatic heterocycles. The minimum atomic E-state index is -0.933. The maximum atomic E-state index is 12.9. The van der Waals surface area contributed by atoms with Crippen LogP contribution < -0.4 is 5.32 Å². The Morgan fingerprint density at radius 3 is 2.64 bits per heavy atom. The van der Waals surface area contributed by atoms with Gasteiger partial charge in [-0.05, 0) is 26.2 Å². The van der Waals surface area contributed by atoms with Crippen LogP contribution in [0.15, 0.2) is 0 Å². The molecule has 0 aromatic rings. The van der Waals surface area contributed by atoms with E-state index in [-0.39, 0.29) is 11.9 Å². The predicted molar refractivity (Wildman–Crippen MR) is 56.1 cm³/mol. The Kier molecular flexibility index (Phi) is 2.58. The third-order valence-electron chi connectivity index (χ3n) is 3.40. The summed E-state index contributed by atoms with van der Waals surface area (Å²) in [4.78, 5) is 12.0. The number of carbonyl (C=O) groups is 1. The van der Waals surface area contributed by atoms with Crippen LogP contribution in [0.5, 0.6) is 0 Å². The molecule has 0 bridgehead atoms. The zero-order chi connectivity index (χ0) is 10.3. The van der Waals surface area contributed by atoms with E-state index >= 15 is 0 Å². The van der Waals surface area contributed by atoms with Gasteiger partial charge < -0.3 is 5.32 Å². The van der Waals surface area contributed by atoms with Crippen LogP contribution in [-0.4, -0.2) is 22.9 Å². The standard InChI is InChI=1S/C10H15BrFNO/c1-10(5-8(10)12)9(14)13-7-4-2-3-6(7)11/h6-8H,2-5H2,1H3,(H,13,14). The van der Waals surface area contributed by atoms with Crippen molar-refractivity contribution in [3.63, 3.8) is 0 Å². The topological polar surface area (TPSA) is 29.1 Å². The Labute approximate surface area is 91.8 Å². The van der Waals surface area contributed by atoms with Crippen molar-refractivity contribution in [3.05, 3.63) is 0 Å². The van der Waals surface area contributed by atoms with Gasteiger partial charge in [0, 0.05) is 10.9 Å². The molecular weight excluding hydrogens is 249 g/mol. The molecule has 0 spiro atoms. The summed E-state index contributed by atoms with van der Waals surface area (Å²) in [5.74, 6) is -0.110. The number of alkyl halides is 2. The Morgan fingerprint density at radius 2 is 2.21 bits per heavy atom. The molecule has 1 N–H and O–H groups in total. The highest BCUT2D eigenvalue weighted by atomic mass is 79.9. The minimum Gasteiger partial charge on any atom is -0.352 e. The van der Waals surface area contributed by atoms with Crippen molar-refractivity contribution in [1.29, 1.82) is 0 Å². The van der Waals surface area contributed by atoms with Crippen LogP contribution in [-0.2, 0) is 4.79 Å². The van der Waals surface area contributed by atoms with Gasteiger partial charge in [0.2, 0.25) is 5.91 Å². The fourth-order valence-corrected chi connectivity index (χ4v) is 2.68. The number of carbonyl (C=O) groups excluding carboxylic acids is 1. The van der Waals surface area contributed by atoms with E-state index in [0.717, 1.165) is 19.3 Å². The molecule has 0 saturated heterocycles. The number of nitrogens with one attached hydrogen (secondary N) is 1. The van der Waals surface area contributed by atoms with E-state index < -0.39 is 11.6 Å². The first kappa shape index (κ1) is 10.4. The highest BCUT2D eigenvalue weighted by Gasteiger charge is 2.57. The molecule has 0 radical (unpaired) electrons. The average molecular weight is 264 g/mol. The summed E-state index contributed by atoms with van der Waals surface area (Å²) in [7, 11) is 0. The molecule has 0 aromatic carbocycles. The third kappa shape index (κ3) is 1.69.